The summed E-state index contributed by atoms with van der Waals surface area (Å²) >= 11 is 0. The Labute approximate surface area is 104 Å². The summed E-state index contributed by atoms with van der Waals surface area (Å²) in [5, 5.41) is 20.4. The number of carbonyl (C=O) groups excluding carboxylic acids is 1. The van der Waals surface area contributed by atoms with Crippen LogP contribution in [0.2, 0.25) is 0 Å². The number of hydrogen-bond acceptors (Lipinski definition) is 3. The highest BCUT2D eigenvalue weighted by molar-refractivity contribution is 5.86. The number of nitrogens with zero attached hydrogens (tertiary/aromatic N) is 1. The van der Waals surface area contributed by atoms with Crippen molar-refractivity contribution >= 4 is 18.0 Å². The molecule has 7 nitrogen and oxygen atoms in total. The van der Waals surface area contributed by atoms with Crippen molar-refractivity contribution < 1.29 is 24.6 Å². The van der Waals surface area contributed by atoms with Crippen LogP contribution in [0.15, 0.2) is 12.7 Å². The van der Waals surface area contributed by atoms with Crippen LogP contribution in [-0.4, -0.2) is 52.2 Å². The van der Waals surface area contributed by atoms with Gasteiger partial charge in [0.2, 0.25) is 5.91 Å². The normalized spacial score (nSPS) is 22.6. The van der Waals surface area contributed by atoms with Gasteiger partial charge in [0.1, 0.15) is 6.04 Å². The molecule has 7 heteroatoms. The van der Waals surface area contributed by atoms with Gasteiger partial charge < -0.3 is 15.5 Å². The molecule has 2 unspecified atom stereocenters. The first kappa shape index (κ1) is 14.0. The van der Waals surface area contributed by atoms with Gasteiger partial charge in [0.15, 0.2) is 0 Å². The lowest BCUT2D eigenvalue weighted by Crippen LogP contribution is -2.39. The van der Waals surface area contributed by atoms with Crippen LogP contribution >= 0.6 is 0 Å². The summed E-state index contributed by atoms with van der Waals surface area (Å²) in [5.74, 6) is -1.47. The van der Waals surface area contributed by atoms with Crippen LogP contribution in [0.3, 0.4) is 0 Å². The van der Waals surface area contributed by atoms with E-state index in [9.17, 15) is 14.4 Å². The van der Waals surface area contributed by atoms with E-state index in [1.807, 2.05) is 0 Å². The van der Waals surface area contributed by atoms with Crippen LogP contribution in [0.4, 0.5) is 4.79 Å². The van der Waals surface area contributed by atoms with Crippen molar-refractivity contribution in [1.29, 1.82) is 0 Å². The summed E-state index contributed by atoms with van der Waals surface area (Å²) in [6, 6.07) is -0.984. The van der Waals surface area contributed by atoms with Crippen LogP contribution in [0.1, 0.15) is 12.8 Å². The average Bonchev–Trinajstić information content (AvgIpc) is 2.73. The average molecular weight is 256 g/mol. The molecule has 0 saturated carbocycles. The Morgan fingerprint density at radius 2 is 2.06 bits per heavy atom. The Bertz CT molecular complexity index is 346. The highest BCUT2D eigenvalue weighted by Crippen LogP contribution is 2.25. The largest absolute Gasteiger partial charge is 0.480 e. The lowest BCUT2D eigenvalue weighted by atomic mass is 10.0. The van der Waals surface area contributed by atoms with E-state index in [2.05, 4.69) is 11.9 Å². The maximum atomic E-state index is 10.9. The van der Waals surface area contributed by atoms with Crippen LogP contribution in [0, 0.1) is 5.92 Å². The fourth-order valence-corrected chi connectivity index (χ4v) is 2.05. The monoisotopic (exact) mass is 256 g/mol. The van der Waals surface area contributed by atoms with Crippen LogP contribution in [0.25, 0.3) is 0 Å². The lowest BCUT2D eigenvalue weighted by molar-refractivity contribution is -0.141. The first-order valence-electron chi connectivity index (χ1n) is 5.58. The van der Waals surface area contributed by atoms with Gasteiger partial charge in [-0.15, -0.1) is 0 Å². The quantitative estimate of drug-likeness (QED) is 0.606. The second-order valence-corrected chi connectivity index (χ2v) is 4.17. The molecule has 3 N–H and O–H groups in total. The molecule has 0 aliphatic carbocycles. The number of carbonyl (C=O) groups is 3. The molecule has 0 aromatic rings. The van der Waals surface area contributed by atoms with E-state index < -0.39 is 18.1 Å². The van der Waals surface area contributed by atoms with Gasteiger partial charge in [0, 0.05) is 13.1 Å². The van der Waals surface area contributed by atoms with Gasteiger partial charge in [-0.2, -0.15) is 0 Å². The Balaban J connectivity index is 2.46. The molecule has 0 aromatic carbocycles. The highest BCUT2D eigenvalue weighted by Gasteiger charge is 2.39. The topological polar surface area (TPSA) is 107 Å². The molecule has 0 spiro atoms. The second kappa shape index (κ2) is 6.04. The van der Waals surface area contributed by atoms with Gasteiger partial charge in [-0.1, -0.05) is 6.58 Å². The second-order valence-electron chi connectivity index (χ2n) is 4.17. The summed E-state index contributed by atoms with van der Waals surface area (Å²) in [6.45, 7) is 3.88. The highest BCUT2D eigenvalue weighted by atomic mass is 16.4. The van der Waals surface area contributed by atoms with E-state index in [-0.39, 0.29) is 24.8 Å². The minimum absolute atomic E-state index is 0.0488. The van der Waals surface area contributed by atoms with Crippen molar-refractivity contribution in [3.05, 3.63) is 12.7 Å². The van der Waals surface area contributed by atoms with Crippen LogP contribution in [-0.2, 0) is 9.59 Å². The van der Waals surface area contributed by atoms with E-state index in [4.69, 9.17) is 10.2 Å². The van der Waals surface area contributed by atoms with E-state index in [1.165, 1.54) is 0 Å². The number of rotatable bonds is 5. The molecule has 2 amide bonds. The Morgan fingerprint density at radius 1 is 1.39 bits per heavy atom. The van der Waals surface area contributed by atoms with E-state index in [1.54, 1.807) is 0 Å². The minimum atomic E-state index is -1.22. The number of amides is 2. The molecule has 0 aromatic heterocycles. The van der Waals surface area contributed by atoms with Crippen molar-refractivity contribution in [3.8, 4) is 0 Å². The molecule has 1 aliphatic rings. The van der Waals surface area contributed by atoms with E-state index in [0.717, 1.165) is 11.0 Å². The van der Waals surface area contributed by atoms with Crippen molar-refractivity contribution in [1.82, 2.24) is 10.2 Å². The molecule has 1 saturated heterocycles. The van der Waals surface area contributed by atoms with Gasteiger partial charge >= 0.3 is 12.1 Å². The maximum absolute atomic E-state index is 10.9. The number of nitrogens with one attached hydrogen (secondary N) is 1. The van der Waals surface area contributed by atoms with Gasteiger partial charge in [0.25, 0.3) is 0 Å². The molecule has 100 valence electrons. The molecule has 2 atom stereocenters. The van der Waals surface area contributed by atoms with Gasteiger partial charge in [-0.25, -0.2) is 9.59 Å². The molecule has 0 bridgehead atoms. The maximum Gasteiger partial charge on any atom is 0.408 e. The molecule has 1 heterocycles. The summed E-state index contributed by atoms with van der Waals surface area (Å²) in [5.41, 5.74) is 0. The zero-order chi connectivity index (χ0) is 13.7. The van der Waals surface area contributed by atoms with E-state index >= 15 is 0 Å². The summed E-state index contributed by atoms with van der Waals surface area (Å²) in [4.78, 5) is 33.6. The predicted octanol–water partition coefficient (Wildman–Crippen LogP) is 0.132. The smallest absolute Gasteiger partial charge is 0.408 e. The standard InChI is InChI=1S/C11H16N2O5/c1-2-9(14)12-4-3-7-5-8(10(15)16)13(6-7)11(17)18/h2,7-8H,1,3-6H2,(H,12,14)(H,15,16)(H,17,18). The SMILES string of the molecule is C=CC(=O)NCCC1CC(C(=O)O)N(C(=O)O)C1. The van der Waals surface area contributed by atoms with Crippen LogP contribution < -0.4 is 5.32 Å². The zero-order valence-electron chi connectivity index (χ0n) is 9.83. The molecule has 18 heavy (non-hydrogen) atoms. The summed E-state index contributed by atoms with van der Waals surface area (Å²) in [7, 11) is 0. The minimum Gasteiger partial charge on any atom is -0.480 e. The molecule has 1 aliphatic heterocycles. The van der Waals surface area contributed by atoms with Crippen LogP contribution in [0.5, 0.6) is 0 Å². The lowest BCUT2D eigenvalue weighted by Gasteiger charge is -2.16. The number of carboxylic acid groups (broad SMARTS) is 2. The summed E-state index contributed by atoms with van der Waals surface area (Å²) < 4.78 is 0. The van der Waals surface area contributed by atoms with Crippen molar-refractivity contribution in [2.75, 3.05) is 13.1 Å². The van der Waals surface area contributed by atoms with Crippen molar-refractivity contribution in [3.63, 3.8) is 0 Å². The van der Waals surface area contributed by atoms with Gasteiger partial charge in [0.05, 0.1) is 0 Å². The Hall–Kier alpha value is -2.05. The molecule has 0 radical (unpaired) electrons. The molecular formula is C11H16N2O5. The first-order chi connectivity index (χ1) is 8.45. The number of likely N-dealkylation sites (tertiary alicyclic amines) is 1. The Morgan fingerprint density at radius 3 is 2.50 bits per heavy atom. The van der Waals surface area contributed by atoms with Crippen molar-refractivity contribution in [2.24, 2.45) is 5.92 Å². The van der Waals surface area contributed by atoms with Gasteiger partial charge in [-0.05, 0) is 24.8 Å². The fourth-order valence-electron chi connectivity index (χ4n) is 2.05. The molecule has 1 rings (SSSR count). The van der Waals surface area contributed by atoms with Crippen molar-refractivity contribution in [2.45, 2.75) is 18.9 Å². The van der Waals surface area contributed by atoms with Gasteiger partial charge in [-0.3, -0.25) is 9.69 Å². The third kappa shape index (κ3) is 3.47. The number of aliphatic carboxylic acids is 1. The first-order valence-corrected chi connectivity index (χ1v) is 5.58. The fraction of sp³-hybridized carbons (Fsp3) is 0.545. The Kier molecular flexibility index (Phi) is 4.70. The zero-order valence-corrected chi connectivity index (χ0v) is 9.83. The molecular weight excluding hydrogens is 240 g/mol. The third-order valence-corrected chi connectivity index (χ3v) is 2.96. The summed E-state index contributed by atoms with van der Waals surface area (Å²) in [6.07, 6.45) is 0.761. The third-order valence-electron chi connectivity index (χ3n) is 2.96. The molecule has 1 fully saturated rings. The predicted molar refractivity (Wildman–Crippen MR) is 62.1 cm³/mol. The number of carboxylic acids is 1. The van der Waals surface area contributed by atoms with E-state index in [0.29, 0.717) is 13.0 Å². The number of hydrogen-bond donors (Lipinski definition) is 3.